The highest BCUT2D eigenvalue weighted by Crippen LogP contribution is 2.37. The molecule has 0 bridgehead atoms. The van der Waals surface area contributed by atoms with Crippen LogP contribution in [0.1, 0.15) is 36.6 Å². The summed E-state index contributed by atoms with van der Waals surface area (Å²) in [5.74, 6) is 0.571. The molecule has 1 atom stereocenters. The summed E-state index contributed by atoms with van der Waals surface area (Å²) in [5, 5.41) is 3.33. The zero-order valence-electron chi connectivity index (χ0n) is 15.8. The molecular formula is C22H28N4O. The molecule has 2 aromatic rings. The number of piperazine rings is 1. The van der Waals surface area contributed by atoms with Crippen molar-refractivity contribution in [3.8, 4) is 0 Å². The summed E-state index contributed by atoms with van der Waals surface area (Å²) in [7, 11) is 0. The number of hydrogen-bond donors (Lipinski definition) is 1. The highest BCUT2D eigenvalue weighted by atomic mass is 16.2. The Labute approximate surface area is 161 Å². The Bertz CT molecular complexity index is 724. The van der Waals surface area contributed by atoms with E-state index >= 15 is 0 Å². The fourth-order valence-corrected chi connectivity index (χ4v) is 3.96. The number of urea groups is 1. The normalized spacial score (nSPS) is 19.3. The Morgan fingerprint density at radius 2 is 1.78 bits per heavy atom. The first kappa shape index (κ1) is 18.0. The molecule has 1 saturated carbocycles. The average Bonchev–Trinajstić information content (AvgIpc) is 2.68. The Morgan fingerprint density at radius 3 is 2.41 bits per heavy atom. The van der Waals surface area contributed by atoms with Crippen LogP contribution < -0.4 is 5.32 Å². The van der Waals surface area contributed by atoms with Crippen LogP contribution >= 0.6 is 0 Å². The molecule has 1 aromatic carbocycles. The smallest absolute Gasteiger partial charge is 0.317 e. The lowest BCUT2D eigenvalue weighted by molar-refractivity contribution is 0.126. The fraction of sp³-hybridized carbons (Fsp3) is 0.455. The first-order chi connectivity index (χ1) is 13.3. The van der Waals surface area contributed by atoms with E-state index in [2.05, 4.69) is 45.5 Å². The number of benzene rings is 1. The SMILES string of the molecule is O=C(NC(c1ccccc1)C1CCC1)N1CCN(Cc2ccccn2)CC1. The van der Waals surface area contributed by atoms with E-state index in [1.807, 2.05) is 29.3 Å². The van der Waals surface area contributed by atoms with E-state index in [1.165, 1.54) is 24.8 Å². The second-order valence-electron chi connectivity index (χ2n) is 7.61. The Hall–Kier alpha value is -2.40. The van der Waals surface area contributed by atoms with Crippen LogP contribution in [-0.4, -0.2) is 47.0 Å². The summed E-state index contributed by atoms with van der Waals surface area (Å²) in [6.45, 7) is 4.17. The minimum absolute atomic E-state index is 0.0771. The number of nitrogens with one attached hydrogen (secondary N) is 1. The molecule has 2 heterocycles. The second kappa shape index (κ2) is 8.53. The third-order valence-corrected chi connectivity index (χ3v) is 5.83. The monoisotopic (exact) mass is 364 g/mol. The van der Waals surface area contributed by atoms with Crippen molar-refractivity contribution in [2.45, 2.75) is 31.8 Å². The van der Waals surface area contributed by atoms with Gasteiger partial charge in [0.15, 0.2) is 0 Å². The Balaban J connectivity index is 1.32. The molecule has 1 aromatic heterocycles. The first-order valence-electron chi connectivity index (χ1n) is 10.0. The number of amides is 2. The predicted octanol–water partition coefficient (Wildman–Crippen LogP) is 3.45. The molecule has 1 aliphatic carbocycles. The number of pyridine rings is 1. The van der Waals surface area contributed by atoms with Gasteiger partial charge in [0.25, 0.3) is 0 Å². The van der Waals surface area contributed by atoms with Gasteiger partial charge in [-0.3, -0.25) is 9.88 Å². The van der Waals surface area contributed by atoms with Crippen LogP contribution in [0, 0.1) is 5.92 Å². The molecule has 2 amide bonds. The number of rotatable bonds is 5. The standard InChI is InChI=1S/C22H28N4O/c27-22(24-21(19-9-6-10-19)18-7-2-1-3-8-18)26-15-13-25(14-16-26)17-20-11-4-5-12-23-20/h1-5,7-8,11-12,19,21H,6,9-10,13-17H2,(H,24,27). The van der Waals surface area contributed by atoms with Crippen LogP contribution in [0.2, 0.25) is 0 Å². The quantitative estimate of drug-likeness (QED) is 0.884. The van der Waals surface area contributed by atoms with Gasteiger partial charge < -0.3 is 10.2 Å². The van der Waals surface area contributed by atoms with Crippen molar-refractivity contribution in [3.63, 3.8) is 0 Å². The predicted molar refractivity (Wildman–Crippen MR) is 106 cm³/mol. The van der Waals surface area contributed by atoms with Gasteiger partial charge in [0.05, 0.1) is 11.7 Å². The van der Waals surface area contributed by atoms with Crippen LogP contribution in [0.5, 0.6) is 0 Å². The van der Waals surface area contributed by atoms with Gasteiger partial charge in [-0.15, -0.1) is 0 Å². The fourth-order valence-electron chi connectivity index (χ4n) is 3.96. The maximum atomic E-state index is 12.9. The topological polar surface area (TPSA) is 48.5 Å². The summed E-state index contributed by atoms with van der Waals surface area (Å²) in [5.41, 5.74) is 2.31. The molecule has 4 rings (SSSR count). The maximum Gasteiger partial charge on any atom is 0.317 e. The van der Waals surface area contributed by atoms with E-state index in [0.717, 1.165) is 38.4 Å². The molecule has 27 heavy (non-hydrogen) atoms. The van der Waals surface area contributed by atoms with Crippen molar-refractivity contribution in [1.82, 2.24) is 20.1 Å². The zero-order chi connectivity index (χ0) is 18.5. The molecule has 2 fully saturated rings. The van der Waals surface area contributed by atoms with Crippen LogP contribution in [0.25, 0.3) is 0 Å². The van der Waals surface area contributed by atoms with Gasteiger partial charge in [-0.1, -0.05) is 42.8 Å². The van der Waals surface area contributed by atoms with Crippen LogP contribution in [-0.2, 0) is 6.54 Å². The lowest BCUT2D eigenvalue weighted by Crippen LogP contribution is -2.52. The summed E-state index contributed by atoms with van der Waals surface area (Å²) in [6.07, 6.45) is 5.52. The van der Waals surface area contributed by atoms with Gasteiger partial charge >= 0.3 is 6.03 Å². The average molecular weight is 364 g/mol. The van der Waals surface area contributed by atoms with Gasteiger partial charge in [-0.05, 0) is 36.5 Å². The van der Waals surface area contributed by atoms with Crippen LogP contribution in [0.4, 0.5) is 4.79 Å². The van der Waals surface area contributed by atoms with Crippen molar-refractivity contribution in [3.05, 3.63) is 66.0 Å². The van der Waals surface area contributed by atoms with E-state index in [9.17, 15) is 4.79 Å². The molecule has 2 aliphatic rings. The molecule has 0 radical (unpaired) electrons. The zero-order valence-corrected chi connectivity index (χ0v) is 15.8. The second-order valence-corrected chi connectivity index (χ2v) is 7.61. The molecule has 1 unspecified atom stereocenters. The summed E-state index contributed by atoms with van der Waals surface area (Å²) < 4.78 is 0. The lowest BCUT2D eigenvalue weighted by atomic mass is 9.77. The molecule has 0 spiro atoms. The van der Waals surface area contributed by atoms with E-state index in [-0.39, 0.29) is 12.1 Å². The van der Waals surface area contributed by atoms with E-state index in [4.69, 9.17) is 0 Å². The van der Waals surface area contributed by atoms with Gasteiger partial charge in [-0.25, -0.2) is 4.79 Å². The van der Waals surface area contributed by atoms with Crippen molar-refractivity contribution < 1.29 is 4.79 Å². The number of carbonyl (C=O) groups is 1. The summed E-state index contributed by atoms with van der Waals surface area (Å²) in [4.78, 5) is 21.6. The first-order valence-corrected chi connectivity index (χ1v) is 10.0. The van der Waals surface area contributed by atoms with Crippen molar-refractivity contribution in [1.29, 1.82) is 0 Å². The highest BCUT2D eigenvalue weighted by Gasteiger charge is 2.31. The number of hydrogen-bond acceptors (Lipinski definition) is 3. The molecule has 142 valence electrons. The van der Waals surface area contributed by atoms with Crippen LogP contribution in [0.15, 0.2) is 54.7 Å². The van der Waals surface area contributed by atoms with E-state index in [1.54, 1.807) is 0 Å². The summed E-state index contributed by atoms with van der Waals surface area (Å²) in [6, 6.07) is 16.7. The Kier molecular flexibility index (Phi) is 5.68. The van der Waals surface area contributed by atoms with Gasteiger partial charge in [0.1, 0.15) is 0 Å². The molecular weight excluding hydrogens is 336 g/mol. The number of carbonyl (C=O) groups excluding carboxylic acids is 1. The Morgan fingerprint density at radius 1 is 1.04 bits per heavy atom. The highest BCUT2D eigenvalue weighted by molar-refractivity contribution is 5.75. The van der Waals surface area contributed by atoms with Crippen molar-refractivity contribution in [2.75, 3.05) is 26.2 Å². The van der Waals surface area contributed by atoms with E-state index in [0.29, 0.717) is 5.92 Å². The van der Waals surface area contributed by atoms with Crippen molar-refractivity contribution in [2.24, 2.45) is 5.92 Å². The third-order valence-electron chi connectivity index (χ3n) is 5.83. The number of nitrogens with zero attached hydrogens (tertiary/aromatic N) is 3. The molecule has 1 N–H and O–H groups in total. The number of aromatic nitrogens is 1. The van der Waals surface area contributed by atoms with Crippen molar-refractivity contribution >= 4 is 6.03 Å². The third kappa shape index (κ3) is 4.48. The van der Waals surface area contributed by atoms with Gasteiger partial charge in [0, 0.05) is 38.9 Å². The molecule has 5 heteroatoms. The molecule has 1 saturated heterocycles. The molecule has 5 nitrogen and oxygen atoms in total. The summed E-state index contributed by atoms with van der Waals surface area (Å²) >= 11 is 0. The maximum absolute atomic E-state index is 12.9. The van der Waals surface area contributed by atoms with Crippen LogP contribution in [0.3, 0.4) is 0 Å². The van der Waals surface area contributed by atoms with Gasteiger partial charge in [-0.2, -0.15) is 0 Å². The minimum atomic E-state index is 0.0771. The van der Waals surface area contributed by atoms with Gasteiger partial charge in [0.2, 0.25) is 0 Å². The van der Waals surface area contributed by atoms with E-state index < -0.39 is 0 Å². The largest absolute Gasteiger partial charge is 0.331 e. The minimum Gasteiger partial charge on any atom is -0.331 e. The molecule has 1 aliphatic heterocycles. The lowest BCUT2D eigenvalue weighted by Gasteiger charge is -2.38.